The van der Waals surface area contributed by atoms with Crippen molar-refractivity contribution in [1.82, 2.24) is 15.4 Å². The van der Waals surface area contributed by atoms with Gasteiger partial charge < -0.3 is 9.40 Å². The fraction of sp³-hybridized carbons (Fsp3) is 0. The molecule has 0 bridgehead atoms. The van der Waals surface area contributed by atoms with Crippen molar-refractivity contribution < 1.29 is 9.21 Å². The Morgan fingerprint density at radius 2 is 1.86 bits per heavy atom. The number of furan rings is 1. The molecule has 6 nitrogen and oxygen atoms in total. The van der Waals surface area contributed by atoms with Gasteiger partial charge in [0.1, 0.15) is 5.69 Å². The Bertz CT molecular complexity index is 1350. The molecule has 0 saturated heterocycles. The monoisotopic (exact) mass is 380 g/mol. The average Bonchev–Trinajstić information content (AvgIpc) is 3.43. The van der Waals surface area contributed by atoms with Crippen LogP contribution < -0.4 is 5.43 Å². The molecule has 140 valence electrons. The van der Waals surface area contributed by atoms with E-state index in [9.17, 15) is 4.79 Å². The van der Waals surface area contributed by atoms with E-state index in [2.05, 4.69) is 20.5 Å². The molecule has 0 aliphatic carbocycles. The molecule has 2 N–H and O–H groups in total. The molecule has 5 aromatic rings. The maximum atomic E-state index is 12.9. The van der Waals surface area contributed by atoms with Crippen LogP contribution in [0.4, 0.5) is 0 Å². The smallest absolute Gasteiger partial charge is 0.272 e. The van der Waals surface area contributed by atoms with Crippen molar-refractivity contribution in [1.29, 1.82) is 0 Å². The number of hydrogen-bond acceptors (Lipinski definition) is 4. The Kier molecular flexibility index (Phi) is 4.14. The van der Waals surface area contributed by atoms with Gasteiger partial charge in [-0.1, -0.05) is 36.4 Å². The Labute approximate surface area is 165 Å². The summed E-state index contributed by atoms with van der Waals surface area (Å²) in [4.78, 5) is 20.7. The number of pyridine rings is 1. The van der Waals surface area contributed by atoms with Gasteiger partial charge in [-0.05, 0) is 30.3 Å². The lowest BCUT2D eigenvalue weighted by Gasteiger charge is -2.07. The van der Waals surface area contributed by atoms with Crippen LogP contribution in [0.5, 0.6) is 0 Å². The second-order valence-electron chi connectivity index (χ2n) is 6.54. The molecule has 2 aromatic carbocycles. The van der Waals surface area contributed by atoms with Crippen molar-refractivity contribution in [2.24, 2.45) is 5.10 Å². The number of aromatic nitrogens is 2. The minimum absolute atomic E-state index is 0.313. The number of carbonyl (C=O) groups is 1. The Hall–Kier alpha value is -4.19. The zero-order valence-electron chi connectivity index (χ0n) is 15.3. The van der Waals surface area contributed by atoms with Crippen molar-refractivity contribution >= 4 is 33.9 Å². The van der Waals surface area contributed by atoms with Crippen molar-refractivity contribution in [3.63, 3.8) is 0 Å². The predicted octanol–water partition coefficient (Wildman–Crippen LogP) is 4.74. The maximum absolute atomic E-state index is 12.9. The number of hydrazone groups is 1. The highest BCUT2D eigenvalue weighted by Gasteiger charge is 2.14. The molecule has 0 unspecified atom stereocenters. The minimum atomic E-state index is -0.313. The van der Waals surface area contributed by atoms with Gasteiger partial charge in [0.25, 0.3) is 5.91 Å². The zero-order valence-corrected chi connectivity index (χ0v) is 15.3. The third-order valence-corrected chi connectivity index (χ3v) is 4.73. The molecule has 3 heterocycles. The molecule has 29 heavy (non-hydrogen) atoms. The number of H-pyrrole nitrogens is 1. The maximum Gasteiger partial charge on any atom is 0.272 e. The van der Waals surface area contributed by atoms with E-state index in [0.717, 1.165) is 21.9 Å². The number of nitrogens with zero attached hydrogens (tertiary/aromatic N) is 2. The van der Waals surface area contributed by atoms with Gasteiger partial charge in [-0.15, -0.1) is 0 Å². The van der Waals surface area contributed by atoms with Crippen LogP contribution in [0, 0.1) is 0 Å². The second-order valence-corrected chi connectivity index (χ2v) is 6.54. The molecule has 0 aliphatic rings. The third-order valence-electron chi connectivity index (χ3n) is 4.73. The summed E-state index contributed by atoms with van der Waals surface area (Å²) in [6.45, 7) is 0. The van der Waals surface area contributed by atoms with Crippen LogP contribution in [0.25, 0.3) is 33.3 Å². The van der Waals surface area contributed by atoms with E-state index in [4.69, 9.17) is 4.42 Å². The van der Waals surface area contributed by atoms with Crippen molar-refractivity contribution in [2.45, 2.75) is 0 Å². The van der Waals surface area contributed by atoms with Crippen molar-refractivity contribution in [3.05, 3.63) is 90.3 Å². The standard InChI is InChI=1S/C23H16N4O2/c28-23(27-25-14-15-13-24-19-8-3-1-6-16(15)19)18-12-21(22-10-5-11-29-22)26-20-9-4-2-7-17(18)20/h1-14,24H,(H,27,28)/b25-14+. The van der Waals surface area contributed by atoms with Crippen LogP contribution in [-0.2, 0) is 0 Å². The summed E-state index contributed by atoms with van der Waals surface area (Å²) in [6, 6.07) is 20.7. The number of amides is 1. The first-order valence-electron chi connectivity index (χ1n) is 9.13. The van der Waals surface area contributed by atoms with Gasteiger partial charge >= 0.3 is 0 Å². The molecule has 3 aromatic heterocycles. The molecule has 5 rings (SSSR count). The first kappa shape index (κ1) is 16.9. The molecular weight excluding hydrogens is 364 g/mol. The average molecular weight is 380 g/mol. The molecule has 0 radical (unpaired) electrons. The van der Waals surface area contributed by atoms with Crippen LogP contribution in [0.2, 0.25) is 0 Å². The van der Waals surface area contributed by atoms with Gasteiger partial charge in [-0.2, -0.15) is 5.10 Å². The summed E-state index contributed by atoms with van der Waals surface area (Å²) in [5, 5.41) is 5.95. The van der Waals surface area contributed by atoms with Crippen LogP contribution in [0.1, 0.15) is 15.9 Å². The van der Waals surface area contributed by atoms with E-state index in [1.54, 1.807) is 24.6 Å². The summed E-state index contributed by atoms with van der Waals surface area (Å²) >= 11 is 0. The number of benzene rings is 2. The van der Waals surface area contributed by atoms with E-state index in [0.29, 0.717) is 22.5 Å². The SMILES string of the molecule is O=C(N/N=C/c1c[nH]c2ccccc12)c1cc(-c2ccco2)nc2ccccc12. The molecule has 0 spiro atoms. The number of hydrogen-bond donors (Lipinski definition) is 2. The molecular formula is C23H16N4O2. The van der Waals surface area contributed by atoms with Gasteiger partial charge in [0.2, 0.25) is 0 Å². The van der Waals surface area contributed by atoms with Gasteiger partial charge in [0.15, 0.2) is 5.76 Å². The molecule has 0 saturated carbocycles. The van der Waals surface area contributed by atoms with E-state index in [1.165, 1.54) is 0 Å². The highest BCUT2D eigenvalue weighted by molar-refractivity contribution is 6.07. The molecule has 0 aliphatic heterocycles. The highest BCUT2D eigenvalue weighted by Crippen LogP contribution is 2.25. The van der Waals surface area contributed by atoms with Gasteiger partial charge in [0.05, 0.1) is 23.6 Å². The number of fused-ring (bicyclic) bond motifs is 2. The van der Waals surface area contributed by atoms with E-state index >= 15 is 0 Å². The summed E-state index contributed by atoms with van der Waals surface area (Å²) < 4.78 is 5.45. The first-order valence-corrected chi connectivity index (χ1v) is 9.13. The number of nitrogens with one attached hydrogen (secondary N) is 2. The quantitative estimate of drug-likeness (QED) is 0.349. The number of aromatic amines is 1. The zero-order chi connectivity index (χ0) is 19.6. The molecule has 1 amide bonds. The van der Waals surface area contributed by atoms with Crippen LogP contribution in [-0.4, -0.2) is 22.1 Å². The fourth-order valence-corrected chi connectivity index (χ4v) is 3.34. The van der Waals surface area contributed by atoms with Crippen LogP contribution >= 0.6 is 0 Å². The molecule has 6 heteroatoms. The lowest BCUT2D eigenvalue weighted by molar-refractivity contribution is 0.0956. The summed E-state index contributed by atoms with van der Waals surface area (Å²) in [5.74, 6) is 0.291. The van der Waals surface area contributed by atoms with Crippen molar-refractivity contribution in [3.8, 4) is 11.5 Å². The lowest BCUT2D eigenvalue weighted by Crippen LogP contribution is -2.18. The second kappa shape index (κ2) is 7.09. The molecule has 0 fully saturated rings. The van der Waals surface area contributed by atoms with Crippen LogP contribution in [0.3, 0.4) is 0 Å². The van der Waals surface area contributed by atoms with Gasteiger partial charge in [-0.25, -0.2) is 10.4 Å². The fourth-order valence-electron chi connectivity index (χ4n) is 3.34. The van der Waals surface area contributed by atoms with Gasteiger partial charge in [0, 0.05) is 28.0 Å². The Balaban J connectivity index is 1.47. The largest absolute Gasteiger partial charge is 0.463 e. The first-order chi connectivity index (χ1) is 14.3. The Morgan fingerprint density at radius 1 is 1.03 bits per heavy atom. The third kappa shape index (κ3) is 3.17. The number of carbonyl (C=O) groups excluding carboxylic acids is 1. The van der Waals surface area contributed by atoms with Crippen LogP contribution in [0.15, 0.2) is 88.7 Å². The minimum Gasteiger partial charge on any atom is -0.463 e. The Morgan fingerprint density at radius 3 is 2.72 bits per heavy atom. The van der Waals surface area contributed by atoms with E-state index in [1.807, 2.05) is 60.8 Å². The highest BCUT2D eigenvalue weighted by atomic mass is 16.3. The topological polar surface area (TPSA) is 83.3 Å². The lowest BCUT2D eigenvalue weighted by atomic mass is 10.1. The van der Waals surface area contributed by atoms with E-state index in [-0.39, 0.29) is 5.91 Å². The normalized spacial score (nSPS) is 11.4. The predicted molar refractivity (Wildman–Crippen MR) is 113 cm³/mol. The van der Waals surface area contributed by atoms with E-state index < -0.39 is 0 Å². The number of rotatable bonds is 4. The summed E-state index contributed by atoms with van der Waals surface area (Å²) in [5.41, 5.74) is 6.34. The van der Waals surface area contributed by atoms with Gasteiger partial charge in [-0.3, -0.25) is 4.79 Å². The number of para-hydroxylation sites is 2. The molecule has 0 atom stereocenters. The summed E-state index contributed by atoms with van der Waals surface area (Å²) in [7, 11) is 0. The summed E-state index contributed by atoms with van der Waals surface area (Å²) in [6.07, 6.45) is 5.07. The van der Waals surface area contributed by atoms with Crippen molar-refractivity contribution in [2.75, 3.05) is 0 Å².